The molecule has 2 unspecified atom stereocenters. The maximum absolute atomic E-state index is 12.2. The van der Waals surface area contributed by atoms with Crippen LogP contribution in [0.15, 0.2) is 0 Å². The van der Waals surface area contributed by atoms with E-state index in [2.05, 4.69) is 0 Å². The summed E-state index contributed by atoms with van der Waals surface area (Å²) in [6.45, 7) is 2.36. The van der Waals surface area contributed by atoms with Gasteiger partial charge in [-0.15, -0.1) is 0 Å². The molecule has 2 rings (SSSR count). The Kier molecular flexibility index (Phi) is 4.42. The highest BCUT2D eigenvalue weighted by molar-refractivity contribution is 5.84. The molecular weight excluding hydrogens is 246 g/mol. The molecule has 2 saturated heterocycles. The van der Waals surface area contributed by atoms with Gasteiger partial charge in [0, 0.05) is 26.6 Å². The summed E-state index contributed by atoms with van der Waals surface area (Å²) in [5.74, 6) is 0.272. The third kappa shape index (κ3) is 2.90. The fourth-order valence-electron chi connectivity index (χ4n) is 3.08. The number of ether oxygens (including phenoxy) is 1. The Morgan fingerprint density at radius 3 is 2.79 bits per heavy atom. The Hall–Kier alpha value is -1.14. The first-order chi connectivity index (χ1) is 9.04. The fraction of sp³-hybridized carbons (Fsp3) is 0.846. The van der Waals surface area contributed by atoms with Gasteiger partial charge in [0.2, 0.25) is 11.8 Å². The lowest BCUT2D eigenvalue weighted by molar-refractivity contribution is -0.132. The number of carbonyl (C=O) groups is 2. The van der Waals surface area contributed by atoms with Crippen LogP contribution in [0.25, 0.3) is 0 Å². The van der Waals surface area contributed by atoms with Gasteiger partial charge in [-0.05, 0) is 20.5 Å². The first-order valence-corrected chi connectivity index (χ1v) is 6.77. The molecule has 0 spiro atoms. The first kappa shape index (κ1) is 14.3. The summed E-state index contributed by atoms with van der Waals surface area (Å²) in [5, 5.41) is 0. The number of fused-ring (bicyclic) bond motifs is 1. The van der Waals surface area contributed by atoms with Crippen molar-refractivity contribution in [3.8, 4) is 0 Å². The zero-order valence-corrected chi connectivity index (χ0v) is 12.0. The maximum Gasteiger partial charge on any atom is 0.237 e. The predicted molar refractivity (Wildman–Crippen MR) is 70.7 cm³/mol. The molecular formula is C13H23N3O3. The minimum absolute atomic E-state index is 0.0665. The van der Waals surface area contributed by atoms with E-state index in [1.165, 1.54) is 0 Å². The van der Waals surface area contributed by atoms with Crippen molar-refractivity contribution in [2.45, 2.75) is 24.9 Å². The number of likely N-dealkylation sites (N-methyl/N-ethyl adjacent to an activating group) is 1. The van der Waals surface area contributed by atoms with E-state index in [1.54, 1.807) is 7.11 Å². The van der Waals surface area contributed by atoms with Gasteiger partial charge in [-0.2, -0.15) is 0 Å². The van der Waals surface area contributed by atoms with Crippen LogP contribution in [0.3, 0.4) is 0 Å². The number of methoxy groups -OCH3 is 1. The standard InChI is InChI=1S/C13H23N3O3/c1-14(2)9-13(18)15-5-4-10-11(15)8-12(17)16(10)6-7-19-3/h10-11H,4-9H2,1-3H3. The molecule has 108 valence electrons. The summed E-state index contributed by atoms with van der Waals surface area (Å²) in [5.41, 5.74) is 0. The summed E-state index contributed by atoms with van der Waals surface area (Å²) >= 11 is 0. The Morgan fingerprint density at radius 2 is 2.16 bits per heavy atom. The largest absolute Gasteiger partial charge is 0.383 e. The van der Waals surface area contributed by atoms with Gasteiger partial charge in [0.05, 0.1) is 25.2 Å². The molecule has 0 radical (unpaired) electrons. The SMILES string of the molecule is COCCN1C(=O)CC2C1CCN2C(=O)CN(C)C. The number of rotatable bonds is 5. The Labute approximate surface area is 114 Å². The lowest BCUT2D eigenvalue weighted by atomic mass is 10.1. The first-order valence-electron chi connectivity index (χ1n) is 6.77. The minimum atomic E-state index is 0.0665. The van der Waals surface area contributed by atoms with Crippen molar-refractivity contribution in [2.75, 3.05) is 47.4 Å². The number of hydrogen-bond donors (Lipinski definition) is 0. The van der Waals surface area contributed by atoms with Gasteiger partial charge in [-0.1, -0.05) is 0 Å². The van der Waals surface area contributed by atoms with Crippen LogP contribution >= 0.6 is 0 Å². The van der Waals surface area contributed by atoms with Crippen LogP contribution in [-0.4, -0.2) is 86.0 Å². The molecule has 2 fully saturated rings. The molecule has 0 saturated carbocycles. The molecule has 2 heterocycles. The molecule has 0 aliphatic carbocycles. The van der Waals surface area contributed by atoms with Crippen molar-refractivity contribution in [3.63, 3.8) is 0 Å². The highest BCUT2D eigenvalue weighted by atomic mass is 16.5. The van der Waals surface area contributed by atoms with Gasteiger partial charge >= 0.3 is 0 Å². The Morgan fingerprint density at radius 1 is 1.42 bits per heavy atom. The van der Waals surface area contributed by atoms with Crippen LogP contribution in [0.2, 0.25) is 0 Å². The number of hydrogen-bond acceptors (Lipinski definition) is 4. The molecule has 6 heteroatoms. The zero-order chi connectivity index (χ0) is 14.0. The number of likely N-dealkylation sites (tertiary alicyclic amines) is 2. The molecule has 19 heavy (non-hydrogen) atoms. The molecule has 2 amide bonds. The minimum Gasteiger partial charge on any atom is -0.383 e. The lowest BCUT2D eigenvalue weighted by Gasteiger charge is -2.26. The van der Waals surface area contributed by atoms with Gasteiger partial charge in [-0.25, -0.2) is 0 Å². The fourth-order valence-corrected chi connectivity index (χ4v) is 3.08. The number of carbonyl (C=O) groups excluding carboxylic acids is 2. The van der Waals surface area contributed by atoms with E-state index >= 15 is 0 Å². The molecule has 0 N–H and O–H groups in total. The highest BCUT2D eigenvalue weighted by Crippen LogP contribution is 2.32. The topological polar surface area (TPSA) is 53.1 Å². The molecule has 6 nitrogen and oxygen atoms in total. The summed E-state index contributed by atoms with van der Waals surface area (Å²) in [4.78, 5) is 29.8. The number of amides is 2. The van der Waals surface area contributed by atoms with E-state index in [9.17, 15) is 9.59 Å². The molecule has 0 aromatic heterocycles. The van der Waals surface area contributed by atoms with Crippen LogP contribution in [0.5, 0.6) is 0 Å². The van der Waals surface area contributed by atoms with Crippen molar-refractivity contribution in [3.05, 3.63) is 0 Å². The van der Waals surface area contributed by atoms with Crippen LogP contribution in [0.1, 0.15) is 12.8 Å². The monoisotopic (exact) mass is 269 g/mol. The second kappa shape index (κ2) is 5.88. The zero-order valence-electron chi connectivity index (χ0n) is 12.0. The smallest absolute Gasteiger partial charge is 0.237 e. The van der Waals surface area contributed by atoms with Gasteiger partial charge in [0.15, 0.2) is 0 Å². The van der Waals surface area contributed by atoms with Gasteiger partial charge in [0.1, 0.15) is 0 Å². The van der Waals surface area contributed by atoms with Gasteiger partial charge in [0.25, 0.3) is 0 Å². The third-order valence-corrected chi connectivity index (χ3v) is 3.92. The van der Waals surface area contributed by atoms with Crippen molar-refractivity contribution >= 4 is 11.8 Å². The number of nitrogens with zero attached hydrogens (tertiary/aromatic N) is 3. The van der Waals surface area contributed by atoms with Crippen molar-refractivity contribution in [2.24, 2.45) is 0 Å². The van der Waals surface area contributed by atoms with Crippen molar-refractivity contribution in [1.82, 2.24) is 14.7 Å². The molecule has 0 aromatic rings. The summed E-state index contributed by atoms with van der Waals surface area (Å²) in [7, 11) is 5.41. The lowest BCUT2D eigenvalue weighted by Crippen LogP contribution is -2.43. The Bertz CT molecular complexity index is 359. The van der Waals surface area contributed by atoms with E-state index < -0.39 is 0 Å². The van der Waals surface area contributed by atoms with E-state index in [0.717, 1.165) is 13.0 Å². The average molecular weight is 269 g/mol. The quantitative estimate of drug-likeness (QED) is 0.668. The van der Waals surface area contributed by atoms with E-state index in [1.807, 2.05) is 28.8 Å². The normalized spacial score (nSPS) is 26.4. The molecule has 2 aliphatic heterocycles. The van der Waals surface area contributed by atoms with E-state index in [4.69, 9.17) is 4.74 Å². The van der Waals surface area contributed by atoms with Crippen molar-refractivity contribution in [1.29, 1.82) is 0 Å². The summed E-state index contributed by atoms with van der Waals surface area (Å²) < 4.78 is 5.05. The summed E-state index contributed by atoms with van der Waals surface area (Å²) in [6.07, 6.45) is 1.35. The predicted octanol–water partition coefficient (Wildman–Crippen LogP) is -0.604. The van der Waals surface area contributed by atoms with Gasteiger partial charge < -0.3 is 19.4 Å². The van der Waals surface area contributed by atoms with Crippen molar-refractivity contribution < 1.29 is 14.3 Å². The van der Waals surface area contributed by atoms with Gasteiger partial charge in [-0.3, -0.25) is 9.59 Å². The second-order valence-corrected chi connectivity index (χ2v) is 5.53. The van der Waals surface area contributed by atoms with Crippen LogP contribution in [0, 0.1) is 0 Å². The molecule has 0 bridgehead atoms. The van der Waals surface area contributed by atoms with E-state index in [0.29, 0.717) is 26.1 Å². The molecule has 0 aromatic carbocycles. The molecule has 2 aliphatic rings. The van der Waals surface area contributed by atoms with E-state index in [-0.39, 0.29) is 23.9 Å². The average Bonchev–Trinajstić information content (AvgIpc) is 2.84. The van der Waals surface area contributed by atoms with Crippen LogP contribution in [0.4, 0.5) is 0 Å². The molecule has 2 atom stereocenters. The second-order valence-electron chi connectivity index (χ2n) is 5.53. The highest BCUT2D eigenvalue weighted by Gasteiger charge is 2.47. The maximum atomic E-state index is 12.2. The summed E-state index contributed by atoms with van der Waals surface area (Å²) in [6, 6.07) is 0.255. The third-order valence-electron chi connectivity index (χ3n) is 3.92. The van der Waals surface area contributed by atoms with Crippen LogP contribution < -0.4 is 0 Å². The van der Waals surface area contributed by atoms with Crippen LogP contribution in [-0.2, 0) is 14.3 Å². The Balaban J connectivity index is 1.99.